The lowest BCUT2D eigenvalue weighted by atomic mass is 10.0. The van der Waals surface area contributed by atoms with Crippen LogP contribution < -0.4 is 0 Å². The van der Waals surface area contributed by atoms with Crippen molar-refractivity contribution < 1.29 is 42.9 Å². The number of hydrogen-bond donors (Lipinski definition) is 1. The summed E-state index contributed by atoms with van der Waals surface area (Å²) >= 11 is 0. The molecule has 0 radical (unpaired) electrons. The van der Waals surface area contributed by atoms with Gasteiger partial charge < -0.3 is 28.5 Å². The van der Waals surface area contributed by atoms with Gasteiger partial charge in [-0.2, -0.15) is 0 Å². The zero-order valence-corrected chi connectivity index (χ0v) is 62.1. The van der Waals surface area contributed by atoms with E-state index in [0.717, 1.165) is 167 Å². The zero-order chi connectivity index (χ0) is 70.4. The van der Waals surface area contributed by atoms with E-state index in [2.05, 4.69) is 220 Å². The molecule has 0 heterocycles. The SMILES string of the molecule is CC/C=C\C/C=C\C/C=C\C/C=C\C/C=C\C/C=C\C/C=C\C/C=C\C/C=C\C/C=C\CCCCCCCCC(=O)OC(COC(=O)CCCCCCCCCCCCCCC/C=C\C/C=C\C/C=C\C/C=C\C/C=C\C/C=C\C/C=C\CC)COC(OCC[N+](C)(C)C)C(=O)O. The summed E-state index contributed by atoms with van der Waals surface area (Å²) in [6.45, 7) is 4.61. The van der Waals surface area contributed by atoms with Crippen molar-refractivity contribution in [3.63, 3.8) is 0 Å². The van der Waals surface area contributed by atoms with Crippen molar-refractivity contribution in [2.45, 2.75) is 283 Å². The van der Waals surface area contributed by atoms with E-state index in [0.29, 0.717) is 17.4 Å². The molecule has 1 N–H and O–H groups in total. The lowest BCUT2D eigenvalue weighted by Gasteiger charge is -2.25. The molecule has 0 aromatic heterocycles. The first-order chi connectivity index (χ1) is 47.6. The molecule has 544 valence electrons. The van der Waals surface area contributed by atoms with E-state index in [1.165, 1.54) is 70.6 Å². The normalized spacial score (nSPS) is 13.9. The van der Waals surface area contributed by atoms with Crippen LogP contribution in [0.2, 0.25) is 0 Å². The Morgan fingerprint density at radius 1 is 0.309 bits per heavy atom. The number of carbonyl (C=O) groups excluding carboxylic acids is 2. The topological polar surface area (TPSA) is 108 Å². The maximum atomic E-state index is 13.0. The van der Waals surface area contributed by atoms with E-state index in [1.54, 1.807) is 0 Å². The van der Waals surface area contributed by atoms with Gasteiger partial charge in [-0.15, -0.1) is 0 Å². The average Bonchev–Trinajstić information content (AvgIpc) is 3.11. The standard InChI is InChI=1S/C88H139NO8/c1-6-8-10-12-14-16-18-20-22-24-26-28-30-32-34-36-38-40-42-43-45-47-49-51-53-55-57-59-61-63-65-67-69-71-73-75-77-79-86(91)97-84(83-96-88(87(92)93)94-81-80-89(3,4)5)82-95-85(90)78-76-74-72-70-68-66-64-62-60-58-56-54-52-50-48-46-44-41-39-37-35-33-31-29-27-25-23-21-19-17-15-13-11-9-7-2/h8-11,14-17,20-23,26-29,32-35,38-41,43,45-46,48-49,51,55,57,61,63,84,88H,6-7,12-13,18-19,24-25,30-31,36-37,42,44,47,50,52-54,56,58-60,62,64-83H2,1-5H3/p+1/b10-8-,11-9-,16-14-,17-15-,22-20-,23-21-,28-26-,29-27-,34-32-,35-33-,40-38-,41-39-,45-43-,48-46-,51-49-,57-55-,63-61-. The number of carboxylic acids is 1. The van der Waals surface area contributed by atoms with Crippen molar-refractivity contribution in [1.82, 2.24) is 0 Å². The fourth-order valence-electron chi connectivity index (χ4n) is 9.79. The van der Waals surface area contributed by atoms with Gasteiger partial charge in [0.2, 0.25) is 0 Å². The molecule has 0 aliphatic heterocycles. The number of ether oxygens (including phenoxy) is 4. The van der Waals surface area contributed by atoms with E-state index in [4.69, 9.17) is 18.9 Å². The van der Waals surface area contributed by atoms with Crippen LogP contribution in [0.5, 0.6) is 0 Å². The Labute approximate surface area is 594 Å². The van der Waals surface area contributed by atoms with Crippen LogP contribution in [0.25, 0.3) is 0 Å². The molecule has 0 spiro atoms. The lowest BCUT2D eigenvalue weighted by Crippen LogP contribution is -2.40. The van der Waals surface area contributed by atoms with Crippen LogP contribution in [-0.4, -0.2) is 87.4 Å². The molecule has 0 fully saturated rings. The molecule has 0 saturated carbocycles. The summed E-state index contributed by atoms with van der Waals surface area (Å²) in [6, 6.07) is 0. The molecular formula is C88H140NO8+. The maximum absolute atomic E-state index is 13.0. The third kappa shape index (κ3) is 77.1. The number of allylic oxidation sites excluding steroid dienone is 34. The van der Waals surface area contributed by atoms with Gasteiger partial charge in [0.15, 0.2) is 6.10 Å². The zero-order valence-electron chi connectivity index (χ0n) is 62.1. The summed E-state index contributed by atoms with van der Waals surface area (Å²) < 4.78 is 23.0. The molecule has 0 bridgehead atoms. The Balaban J connectivity index is 4.19. The molecular weight excluding hydrogens is 1200 g/mol. The molecule has 0 saturated heterocycles. The Hall–Kier alpha value is -6.13. The van der Waals surface area contributed by atoms with Crippen molar-refractivity contribution in [1.29, 1.82) is 0 Å². The van der Waals surface area contributed by atoms with Crippen molar-refractivity contribution in [2.75, 3.05) is 47.5 Å². The van der Waals surface area contributed by atoms with Crippen molar-refractivity contribution >= 4 is 17.9 Å². The predicted octanol–water partition coefficient (Wildman–Crippen LogP) is 24.7. The van der Waals surface area contributed by atoms with Crippen LogP contribution >= 0.6 is 0 Å². The average molecular weight is 1340 g/mol. The molecule has 2 unspecified atom stereocenters. The Bertz CT molecular complexity index is 2350. The highest BCUT2D eigenvalue weighted by Crippen LogP contribution is 2.16. The van der Waals surface area contributed by atoms with E-state index >= 15 is 0 Å². The summed E-state index contributed by atoms with van der Waals surface area (Å²) in [5, 5.41) is 9.77. The van der Waals surface area contributed by atoms with Gasteiger partial charge in [0.25, 0.3) is 6.29 Å². The molecule has 0 rings (SSSR count). The number of likely N-dealkylation sites (N-methyl/N-ethyl adjacent to an activating group) is 1. The molecule has 0 amide bonds. The Morgan fingerprint density at radius 3 is 0.825 bits per heavy atom. The molecule has 0 aliphatic carbocycles. The van der Waals surface area contributed by atoms with Crippen LogP contribution in [0.15, 0.2) is 207 Å². The highest BCUT2D eigenvalue weighted by atomic mass is 16.7. The van der Waals surface area contributed by atoms with Crippen molar-refractivity contribution in [2.24, 2.45) is 0 Å². The van der Waals surface area contributed by atoms with Crippen LogP contribution in [0.4, 0.5) is 0 Å². The second-order valence-corrected chi connectivity index (χ2v) is 25.8. The van der Waals surface area contributed by atoms with E-state index in [-0.39, 0.29) is 38.6 Å². The van der Waals surface area contributed by atoms with Gasteiger partial charge in [-0.05, 0) is 148 Å². The number of unbranched alkanes of at least 4 members (excludes halogenated alkanes) is 19. The van der Waals surface area contributed by atoms with Crippen molar-refractivity contribution in [3.05, 3.63) is 207 Å². The number of carbonyl (C=O) groups is 3. The third-order valence-electron chi connectivity index (χ3n) is 15.5. The van der Waals surface area contributed by atoms with E-state index in [1.807, 2.05) is 21.1 Å². The van der Waals surface area contributed by atoms with Gasteiger partial charge in [-0.25, -0.2) is 4.79 Å². The van der Waals surface area contributed by atoms with Gasteiger partial charge in [0, 0.05) is 12.8 Å². The number of esters is 2. The summed E-state index contributed by atoms with van der Waals surface area (Å²) in [4.78, 5) is 37.7. The quantitative estimate of drug-likeness (QED) is 0.0211. The second-order valence-electron chi connectivity index (χ2n) is 25.8. The fourth-order valence-corrected chi connectivity index (χ4v) is 9.79. The van der Waals surface area contributed by atoms with Gasteiger partial charge in [0.05, 0.1) is 34.4 Å². The molecule has 2 atom stereocenters. The largest absolute Gasteiger partial charge is 0.477 e. The van der Waals surface area contributed by atoms with Gasteiger partial charge in [-0.3, -0.25) is 9.59 Å². The minimum Gasteiger partial charge on any atom is -0.477 e. The van der Waals surface area contributed by atoms with Gasteiger partial charge in [-0.1, -0.05) is 317 Å². The summed E-state index contributed by atoms with van der Waals surface area (Å²) in [5.74, 6) is -2.04. The maximum Gasteiger partial charge on any atom is 0.361 e. The first kappa shape index (κ1) is 90.9. The van der Waals surface area contributed by atoms with Crippen LogP contribution in [0, 0.1) is 0 Å². The minimum atomic E-state index is -1.53. The van der Waals surface area contributed by atoms with Crippen LogP contribution in [-0.2, 0) is 33.3 Å². The molecule has 0 aromatic rings. The fraction of sp³-hybridized carbons (Fsp3) is 0.580. The van der Waals surface area contributed by atoms with Crippen LogP contribution in [0.3, 0.4) is 0 Å². The number of aliphatic carboxylic acids is 1. The number of carboxylic acid groups (broad SMARTS) is 1. The summed E-state index contributed by atoms with van der Waals surface area (Å²) in [5.41, 5.74) is 0. The first-order valence-corrected chi connectivity index (χ1v) is 38.2. The molecule has 9 nitrogen and oxygen atoms in total. The Morgan fingerprint density at radius 2 is 0.557 bits per heavy atom. The summed E-state index contributed by atoms with van der Waals surface area (Å²) in [6.07, 6.45) is 115. The van der Waals surface area contributed by atoms with Crippen molar-refractivity contribution in [3.8, 4) is 0 Å². The second kappa shape index (κ2) is 75.6. The van der Waals surface area contributed by atoms with E-state index in [9.17, 15) is 19.5 Å². The number of quaternary nitrogens is 1. The Kier molecular flexibility index (Phi) is 70.9. The number of hydrogen-bond acceptors (Lipinski definition) is 7. The van der Waals surface area contributed by atoms with Gasteiger partial charge in [0.1, 0.15) is 13.2 Å². The van der Waals surface area contributed by atoms with E-state index < -0.39 is 24.3 Å². The molecule has 9 heteroatoms. The van der Waals surface area contributed by atoms with Gasteiger partial charge >= 0.3 is 17.9 Å². The predicted molar refractivity (Wildman–Crippen MR) is 418 cm³/mol. The first-order valence-electron chi connectivity index (χ1n) is 38.2. The van der Waals surface area contributed by atoms with Crippen LogP contribution in [0.1, 0.15) is 271 Å². The highest BCUT2D eigenvalue weighted by Gasteiger charge is 2.25. The lowest BCUT2D eigenvalue weighted by molar-refractivity contribution is -0.870. The number of nitrogens with zero attached hydrogens (tertiary/aromatic N) is 1. The molecule has 0 aromatic carbocycles. The number of rotatable bonds is 68. The summed E-state index contributed by atoms with van der Waals surface area (Å²) in [7, 11) is 5.96. The molecule has 97 heavy (non-hydrogen) atoms. The smallest absolute Gasteiger partial charge is 0.361 e. The molecule has 0 aliphatic rings. The third-order valence-corrected chi connectivity index (χ3v) is 15.5. The highest BCUT2D eigenvalue weighted by molar-refractivity contribution is 5.71. The monoisotopic (exact) mass is 1340 g/mol. The minimum absolute atomic E-state index is 0.174.